The topological polar surface area (TPSA) is 66.5 Å². The molecule has 33 heavy (non-hydrogen) atoms. The van der Waals surface area contributed by atoms with Crippen LogP contribution in [-0.4, -0.2) is 23.1 Å². The van der Waals surface area contributed by atoms with Crippen molar-refractivity contribution in [1.29, 1.82) is 0 Å². The van der Waals surface area contributed by atoms with Crippen LogP contribution in [-0.2, 0) is 4.79 Å². The predicted molar refractivity (Wildman–Crippen MR) is 141 cm³/mol. The zero-order valence-electron chi connectivity index (χ0n) is 18.8. The van der Waals surface area contributed by atoms with E-state index in [1.807, 2.05) is 57.2 Å². The van der Waals surface area contributed by atoms with E-state index in [0.29, 0.717) is 16.5 Å². The van der Waals surface area contributed by atoms with Crippen LogP contribution >= 0.6 is 39.5 Å². The van der Waals surface area contributed by atoms with Crippen molar-refractivity contribution in [2.45, 2.75) is 32.9 Å². The lowest BCUT2D eigenvalue weighted by Crippen LogP contribution is -2.29. The molecule has 9 heteroatoms. The summed E-state index contributed by atoms with van der Waals surface area (Å²) in [5.74, 6) is 0.490. The molecule has 0 unspecified atom stereocenters. The van der Waals surface area contributed by atoms with Crippen LogP contribution in [0.25, 0.3) is 0 Å². The fourth-order valence-corrected chi connectivity index (χ4v) is 5.57. The van der Waals surface area contributed by atoms with E-state index in [1.54, 1.807) is 24.6 Å². The summed E-state index contributed by atoms with van der Waals surface area (Å²) in [6.45, 7) is 5.62. The molecular formula is C24H25BrN4O2S2. The fourth-order valence-electron chi connectivity index (χ4n) is 3.65. The minimum absolute atomic E-state index is 0.0801. The molecule has 1 fully saturated rings. The molecule has 172 valence electrons. The van der Waals surface area contributed by atoms with Crippen LogP contribution in [0, 0.1) is 5.41 Å². The Bertz CT molecular complexity index is 1180. The van der Waals surface area contributed by atoms with Crippen molar-refractivity contribution >= 4 is 61.9 Å². The second-order valence-corrected chi connectivity index (χ2v) is 11.0. The Kier molecular flexibility index (Phi) is 6.74. The molecule has 3 aromatic rings. The molecular weight excluding hydrogens is 520 g/mol. The smallest absolute Gasteiger partial charge is 0.229 e. The first-order chi connectivity index (χ1) is 15.7. The summed E-state index contributed by atoms with van der Waals surface area (Å²) in [6, 6.07) is 13.5. The van der Waals surface area contributed by atoms with Crippen molar-refractivity contribution in [3.05, 3.63) is 69.1 Å². The Balaban J connectivity index is 1.74. The summed E-state index contributed by atoms with van der Waals surface area (Å²) in [6.07, 6.45) is 1.79. The van der Waals surface area contributed by atoms with Gasteiger partial charge in [-0.05, 0) is 58.5 Å². The van der Waals surface area contributed by atoms with Gasteiger partial charge in [0.15, 0.2) is 5.11 Å². The van der Waals surface area contributed by atoms with E-state index < -0.39 is 5.41 Å². The lowest BCUT2D eigenvalue weighted by atomic mass is 9.95. The molecule has 1 aliphatic heterocycles. The van der Waals surface area contributed by atoms with Crippen molar-refractivity contribution in [3.63, 3.8) is 0 Å². The molecule has 1 aromatic carbocycles. The number of anilines is 2. The molecule has 3 heterocycles. The van der Waals surface area contributed by atoms with Gasteiger partial charge in [-0.3, -0.25) is 9.78 Å². The van der Waals surface area contributed by atoms with Gasteiger partial charge in [-0.15, -0.1) is 11.3 Å². The molecule has 0 radical (unpaired) electrons. The van der Waals surface area contributed by atoms with Crippen LogP contribution < -0.4 is 20.3 Å². The fraction of sp³-hybridized carbons (Fsp3) is 0.292. The number of rotatable bonds is 5. The summed E-state index contributed by atoms with van der Waals surface area (Å²) in [5.41, 5.74) is 1.89. The summed E-state index contributed by atoms with van der Waals surface area (Å²) in [7, 11) is 1.59. The largest absolute Gasteiger partial charge is 0.494 e. The van der Waals surface area contributed by atoms with Gasteiger partial charge in [-0.1, -0.05) is 26.8 Å². The summed E-state index contributed by atoms with van der Waals surface area (Å²) in [5, 5.41) is 9.09. The number of benzene rings is 1. The highest BCUT2D eigenvalue weighted by Crippen LogP contribution is 2.45. The quantitative estimate of drug-likeness (QED) is 0.379. The van der Waals surface area contributed by atoms with E-state index in [0.717, 1.165) is 20.7 Å². The lowest BCUT2D eigenvalue weighted by molar-refractivity contribution is -0.123. The highest BCUT2D eigenvalue weighted by atomic mass is 79.9. The maximum absolute atomic E-state index is 12.5. The highest BCUT2D eigenvalue weighted by molar-refractivity contribution is 9.10. The first kappa shape index (κ1) is 23.7. The summed E-state index contributed by atoms with van der Waals surface area (Å²) < 4.78 is 6.65. The zero-order chi connectivity index (χ0) is 23.8. The molecule has 2 atom stereocenters. The van der Waals surface area contributed by atoms with E-state index in [1.165, 1.54) is 0 Å². The van der Waals surface area contributed by atoms with Gasteiger partial charge in [-0.25, -0.2) is 0 Å². The number of nitrogens with zero attached hydrogens (tertiary/aromatic N) is 2. The van der Waals surface area contributed by atoms with E-state index in [4.69, 9.17) is 17.0 Å². The SMILES string of the molecule is COc1cc(N2C(=S)N[C@H](c3ccccn3)[C@H]2c2cc(Br)cs2)ccc1NC(=O)C(C)(C)C. The maximum Gasteiger partial charge on any atom is 0.229 e. The van der Waals surface area contributed by atoms with Gasteiger partial charge in [0.1, 0.15) is 5.75 Å². The van der Waals surface area contributed by atoms with Crippen LogP contribution in [0.5, 0.6) is 5.75 Å². The van der Waals surface area contributed by atoms with Gasteiger partial charge >= 0.3 is 0 Å². The van der Waals surface area contributed by atoms with Gasteiger partial charge in [0.25, 0.3) is 0 Å². The molecule has 1 aliphatic rings. The third-order valence-electron chi connectivity index (χ3n) is 5.37. The Morgan fingerprint density at radius 3 is 2.67 bits per heavy atom. The minimum Gasteiger partial charge on any atom is -0.494 e. The van der Waals surface area contributed by atoms with E-state index in [-0.39, 0.29) is 18.0 Å². The normalized spacial score (nSPS) is 18.2. The predicted octanol–water partition coefficient (Wildman–Crippen LogP) is 6.08. The number of pyridine rings is 1. The maximum atomic E-state index is 12.5. The number of thiocarbonyl (C=S) groups is 1. The number of nitrogens with one attached hydrogen (secondary N) is 2. The number of thiophene rings is 1. The van der Waals surface area contributed by atoms with Gasteiger partial charge in [0, 0.05) is 38.1 Å². The van der Waals surface area contributed by atoms with Crippen molar-refractivity contribution in [3.8, 4) is 5.75 Å². The first-order valence-corrected chi connectivity index (χ1v) is 12.5. The highest BCUT2D eigenvalue weighted by Gasteiger charge is 2.41. The van der Waals surface area contributed by atoms with Crippen molar-refractivity contribution < 1.29 is 9.53 Å². The Hall–Kier alpha value is -2.49. The molecule has 0 saturated carbocycles. The minimum atomic E-state index is -0.516. The van der Waals surface area contributed by atoms with Gasteiger partial charge < -0.3 is 20.3 Å². The summed E-state index contributed by atoms with van der Waals surface area (Å²) in [4.78, 5) is 20.3. The molecule has 1 amide bonds. The van der Waals surface area contributed by atoms with E-state index in [2.05, 4.69) is 47.9 Å². The number of hydrogen-bond acceptors (Lipinski definition) is 5. The van der Waals surface area contributed by atoms with Gasteiger partial charge in [0.2, 0.25) is 5.91 Å². The Morgan fingerprint density at radius 1 is 1.27 bits per heavy atom. The number of hydrogen-bond donors (Lipinski definition) is 2. The monoisotopic (exact) mass is 544 g/mol. The third-order valence-corrected chi connectivity index (χ3v) is 7.45. The lowest BCUT2D eigenvalue weighted by Gasteiger charge is -2.27. The molecule has 2 N–H and O–H groups in total. The molecule has 2 aromatic heterocycles. The second-order valence-electron chi connectivity index (χ2n) is 8.75. The molecule has 0 spiro atoms. The number of carbonyl (C=O) groups is 1. The number of methoxy groups -OCH3 is 1. The van der Waals surface area contributed by atoms with Crippen molar-refractivity contribution in [1.82, 2.24) is 10.3 Å². The Labute approximate surface area is 211 Å². The molecule has 4 rings (SSSR count). The average Bonchev–Trinajstić information content (AvgIpc) is 3.36. The number of ether oxygens (including phenoxy) is 1. The molecule has 1 saturated heterocycles. The van der Waals surface area contributed by atoms with Crippen molar-refractivity contribution in [2.75, 3.05) is 17.3 Å². The number of aromatic nitrogens is 1. The van der Waals surface area contributed by atoms with Crippen molar-refractivity contribution in [2.24, 2.45) is 5.41 Å². The zero-order valence-corrected chi connectivity index (χ0v) is 22.0. The molecule has 0 aliphatic carbocycles. The van der Waals surface area contributed by atoms with Crippen LogP contribution in [0.3, 0.4) is 0 Å². The molecule has 6 nitrogen and oxygen atoms in total. The van der Waals surface area contributed by atoms with Crippen LogP contribution in [0.4, 0.5) is 11.4 Å². The first-order valence-electron chi connectivity index (χ1n) is 10.4. The Morgan fingerprint density at radius 2 is 2.06 bits per heavy atom. The summed E-state index contributed by atoms with van der Waals surface area (Å²) >= 11 is 11.0. The van der Waals surface area contributed by atoms with E-state index >= 15 is 0 Å². The average molecular weight is 546 g/mol. The van der Waals surface area contributed by atoms with Gasteiger partial charge in [0.05, 0.1) is 30.6 Å². The standard InChI is InChI=1S/C24H25BrN4O2S2/c1-24(2,3)22(30)27-16-9-8-15(12-18(16)31-4)29-21(19-11-14(25)13-33-19)20(28-23(29)32)17-7-5-6-10-26-17/h5-13,20-21H,1-4H3,(H,27,30)(H,28,32)/t20-,21-/m1/s1. The number of carbonyl (C=O) groups excluding carboxylic acids is 1. The number of halogens is 1. The van der Waals surface area contributed by atoms with Crippen LogP contribution in [0.2, 0.25) is 0 Å². The number of amides is 1. The van der Waals surface area contributed by atoms with Gasteiger partial charge in [-0.2, -0.15) is 0 Å². The van der Waals surface area contributed by atoms with Crippen LogP contribution in [0.15, 0.2) is 58.5 Å². The third kappa shape index (κ3) is 4.90. The van der Waals surface area contributed by atoms with Crippen LogP contribution in [0.1, 0.15) is 43.4 Å². The second kappa shape index (κ2) is 9.40. The molecule has 0 bridgehead atoms. The van der Waals surface area contributed by atoms with E-state index in [9.17, 15) is 4.79 Å².